The number of fused-ring (bicyclic) bond motifs is 2. The first-order chi connectivity index (χ1) is 12.9. The zero-order valence-electron chi connectivity index (χ0n) is 14.0. The Bertz CT molecular complexity index is 1170. The van der Waals surface area contributed by atoms with Gasteiger partial charge in [-0.3, -0.25) is 0 Å². The van der Waals surface area contributed by atoms with E-state index in [2.05, 4.69) is 14.7 Å². The van der Waals surface area contributed by atoms with Crippen molar-refractivity contribution < 1.29 is 17.9 Å². The molecule has 0 spiro atoms. The van der Waals surface area contributed by atoms with Gasteiger partial charge in [-0.15, -0.1) is 0 Å². The highest BCUT2D eigenvalue weighted by Gasteiger charge is 2.18. The molecule has 0 aliphatic carbocycles. The summed E-state index contributed by atoms with van der Waals surface area (Å²) in [7, 11) is -3.78. The van der Waals surface area contributed by atoms with E-state index in [1.165, 1.54) is 18.2 Å². The first-order valence-corrected chi connectivity index (χ1v) is 10.1. The van der Waals surface area contributed by atoms with Crippen LogP contribution in [0.25, 0.3) is 11.0 Å². The highest BCUT2D eigenvalue weighted by molar-refractivity contribution is 7.89. The van der Waals surface area contributed by atoms with Crippen molar-refractivity contribution in [2.75, 3.05) is 13.2 Å². The number of benzene rings is 2. The number of aromatic nitrogens is 2. The van der Waals surface area contributed by atoms with E-state index in [-0.39, 0.29) is 11.4 Å². The highest BCUT2D eigenvalue weighted by Crippen LogP contribution is 2.38. The van der Waals surface area contributed by atoms with Gasteiger partial charge in [0.15, 0.2) is 11.5 Å². The van der Waals surface area contributed by atoms with Crippen molar-refractivity contribution in [1.82, 2.24) is 14.7 Å². The van der Waals surface area contributed by atoms with Crippen LogP contribution in [0.4, 0.5) is 0 Å². The summed E-state index contributed by atoms with van der Waals surface area (Å²) in [5.74, 6) is 0.975. The van der Waals surface area contributed by atoms with Gasteiger partial charge >= 0.3 is 5.69 Å². The van der Waals surface area contributed by atoms with Gasteiger partial charge in [0.25, 0.3) is 0 Å². The zero-order valence-corrected chi connectivity index (χ0v) is 15.6. The van der Waals surface area contributed by atoms with Crippen LogP contribution in [-0.2, 0) is 16.6 Å². The van der Waals surface area contributed by atoms with Crippen molar-refractivity contribution in [3.05, 3.63) is 51.4 Å². The largest absolute Gasteiger partial charge is 0.489 e. The van der Waals surface area contributed by atoms with Crippen LogP contribution in [0, 0.1) is 0 Å². The summed E-state index contributed by atoms with van der Waals surface area (Å²) in [6.07, 6.45) is 0.747. The summed E-state index contributed by atoms with van der Waals surface area (Å²) in [4.78, 5) is 16.5. The molecule has 2 aromatic carbocycles. The molecular formula is C17H16ClN3O5S. The molecular weight excluding hydrogens is 394 g/mol. The Kier molecular flexibility index (Phi) is 4.58. The predicted molar refractivity (Wildman–Crippen MR) is 100 cm³/mol. The second-order valence-corrected chi connectivity index (χ2v) is 8.24. The van der Waals surface area contributed by atoms with Crippen LogP contribution < -0.4 is 19.9 Å². The molecule has 0 unspecified atom stereocenters. The summed E-state index contributed by atoms with van der Waals surface area (Å²) in [5.41, 5.74) is 1.20. The van der Waals surface area contributed by atoms with Crippen molar-refractivity contribution in [2.45, 2.75) is 17.9 Å². The number of H-pyrrole nitrogens is 2. The molecule has 0 bridgehead atoms. The molecule has 4 rings (SSSR count). The minimum Gasteiger partial charge on any atom is -0.489 e. The van der Waals surface area contributed by atoms with Gasteiger partial charge < -0.3 is 19.4 Å². The highest BCUT2D eigenvalue weighted by atomic mass is 35.5. The molecule has 1 aromatic heterocycles. The standard InChI is InChI=1S/C17H16ClN3O5S/c18-12-6-10(7-15-16(12)26-5-1-4-25-15)9-19-27(23,24)11-2-3-13-14(8-11)21-17(22)20-13/h2-3,6-8,19H,1,4-5,9H2,(H2,20,21,22). The molecule has 27 heavy (non-hydrogen) atoms. The van der Waals surface area contributed by atoms with Crippen molar-refractivity contribution in [1.29, 1.82) is 0 Å². The second-order valence-electron chi connectivity index (χ2n) is 6.07. The number of nitrogens with one attached hydrogen (secondary N) is 3. The molecule has 2 heterocycles. The first kappa shape index (κ1) is 17.9. The summed E-state index contributed by atoms with van der Waals surface area (Å²) < 4.78 is 38.9. The smallest absolute Gasteiger partial charge is 0.323 e. The molecule has 0 saturated heterocycles. The third-order valence-electron chi connectivity index (χ3n) is 4.13. The lowest BCUT2D eigenvalue weighted by atomic mass is 10.2. The lowest BCUT2D eigenvalue weighted by Crippen LogP contribution is -2.23. The van der Waals surface area contributed by atoms with Gasteiger partial charge in [-0.05, 0) is 35.9 Å². The van der Waals surface area contributed by atoms with E-state index in [4.69, 9.17) is 21.1 Å². The fraction of sp³-hybridized carbons (Fsp3) is 0.235. The van der Waals surface area contributed by atoms with Crippen LogP contribution in [0.1, 0.15) is 12.0 Å². The number of imidazole rings is 1. The Hall–Kier alpha value is -2.49. The Labute approximate surface area is 159 Å². The summed E-state index contributed by atoms with van der Waals surface area (Å²) >= 11 is 6.24. The molecule has 0 fully saturated rings. The number of sulfonamides is 1. The molecule has 3 N–H and O–H groups in total. The van der Waals surface area contributed by atoms with Gasteiger partial charge in [0.05, 0.1) is 34.2 Å². The number of aromatic amines is 2. The maximum absolute atomic E-state index is 12.6. The van der Waals surface area contributed by atoms with E-state index < -0.39 is 15.7 Å². The van der Waals surface area contributed by atoms with Crippen LogP contribution >= 0.6 is 11.6 Å². The Morgan fingerprint density at radius 3 is 2.70 bits per heavy atom. The van der Waals surface area contributed by atoms with E-state index in [0.717, 1.165) is 6.42 Å². The maximum atomic E-state index is 12.6. The van der Waals surface area contributed by atoms with Crippen molar-refractivity contribution in [3.63, 3.8) is 0 Å². The molecule has 1 aliphatic heterocycles. The zero-order chi connectivity index (χ0) is 19.0. The molecule has 0 saturated carbocycles. The third kappa shape index (κ3) is 3.66. The number of hydrogen-bond donors (Lipinski definition) is 3. The van der Waals surface area contributed by atoms with Gasteiger partial charge in [-0.1, -0.05) is 11.6 Å². The molecule has 8 nitrogen and oxygen atoms in total. The van der Waals surface area contributed by atoms with Gasteiger partial charge in [0.1, 0.15) is 0 Å². The molecule has 0 atom stereocenters. The Morgan fingerprint density at radius 2 is 1.85 bits per heavy atom. The van der Waals surface area contributed by atoms with Gasteiger partial charge in [0, 0.05) is 13.0 Å². The Morgan fingerprint density at radius 1 is 1.07 bits per heavy atom. The van der Waals surface area contributed by atoms with Gasteiger partial charge in [-0.2, -0.15) is 0 Å². The summed E-state index contributed by atoms with van der Waals surface area (Å²) in [5, 5.41) is 0.370. The molecule has 3 aromatic rings. The fourth-order valence-corrected chi connectivity index (χ4v) is 4.16. The number of halogens is 1. The molecule has 1 aliphatic rings. The summed E-state index contributed by atoms with van der Waals surface area (Å²) in [6, 6.07) is 7.71. The number of ether oxygens (including phenoxy) is 2. The lowest BCUT2D eigenvalue weighted by Gasteiger charge is -2.12. The van der Waals surface area contributed by atoms with Crippen LogP contribution in [-0.4, -0.2) is 31.6 Å². The maximum Gasteiger partial charge on any atom is 0.323 e. The second kappa shape index (κ2) is 6.91. The minimum atomic E-state index is -3.78. The monoisotopic (exact) mass is 409 g/mol. The van der Waals surface area contributed by atoms with Crippen LogP contribution in [0.3, 0.4) is 0 Å². The molecule has 0 amide bonds. The van der Waals surface area contributed by atoms with E-state index in [1.807, 2.05) is 0 Å². The fourth-order valence-electron chi connectivity index (χ4n) is 2.83. The first-order valence-electron chi connectivity index (χ1n) is 8.22. The summed E-state index contributed by atoms with van der Waals surface area (Å²) in [6.45, 7) is 1.05. The third-order valence-corrected chi connectivity index (χ3v) is 5.81. The number of hydrogen-bond acceptors (Lipinski definition) is 5. The topological polar surface area (TPSA) is 113 Å². The van der Waals surface area contributed by atoms with Gasteiger partial charge in [0.2, 0.25) is 10.0 Å². The van der Waals surface area contributed by atoms with Gasteiger partial charge in [-0.25, -0.2) is 17.9 Å². The van der Waals surface area contributed by atoms with E-state index >= 15 is 0 Å². The van der Waals surface area contributed by atoms with E-state index in [1.54, 1.807) is 12.1 Å². The Balaban J connectivity index is 1.57. The van der Waals surface area contributed by atoms with Crippen molar-refractivity contribution in [3.8, 4) is 11.5 Å². The molecule has 0 radical (unpaired) electrons. The van der Waals surface area contributed by atoms with Crippen molar-refractivity contribution >= 4 is 32.7 Å². The average Bonchev–Trinajstić information content (AvgIpc) is 2.84. The van der Waals surface area contributed by atoms with E-state index in [0.29, 0.717) is 46.3 Å². The lowest BCUT2D eigenvalue weighted by molar-refractivity contribution is 0.297. The van der Waals surface area contributed by atoms with Crippen LogP contribution in [0.15, 0.2) is 40.0 Å². The van der Waals surface area contributed by atoms with Crippen LogP contribution in [0.2, 0.25) is 5.02 Å². The number of rotatable bonds is 4. The predicted octanol–water partition coefficient (Wildman–Crippen LogP) is 2.15. The molecule has 10 heteroatoms. The molecule has 142 valence electrons. The quantitative estimate of drug-likeness (QED) is 0.611. The minimum absolute atomic E-state index is 0.0282. The van der Waals surface area contributed by atoms with Crippen molar-refractivity contribution in [2.24, 2.45) is 0 Å². The average molecular weight is 410 g/mol. The van der Waals surface area contributed by atoms with Crippen LogP contribution in [0.5, 0.6) is 11.5 Å². The SMILES string of the molecule is O=c1[nH]c2ccc(S(=O)(=O)NCc3cc(Cl)c4c(c3)OCCCO4)cc2[nH]1. The normalized spacial score (nSPS) is 14.3. The van der Waals surface area contributed by atoms with E-state index in [9.17, 15) is 13.2 Å².